The van der Waals surface area contributed by atoms with Gasteiger partial charge in [-0.05, 0) is 11.5 Å². The minimum absolute atomic E-state index is 0. The van der Waals surface area contributed by atoms with E-state index in [9.17, 15) is 0 Å². The van der Waals surface area contributed by atoms with Crippen molar-refractivity contribution >= 4 is 23.3 Å². The molecular formula is C13H15BNNaO3. The first kappa shape index (κ1) is 13.7. The fraction of sp³-hybridized carbons (Fsp3) is 0.385. The monoisotopic (exact) mass is 267 g/mol. The number of rotatable bonds is 1. The molecule has 3 saturated heterocycles. The average molecular weight is 267 g/mol. The predicted octanol–water partition coefficient (Wildman–Crippen LogP) is -1.60. The summed E-state index contributed by atoms with van der Waals surface area (Å²) in [5.74, 6) is 0. The van der Waals surface area contributed by atoms with Crippen LogP contribution in [-0.2, 0) is 14.0 Å². The average Bonchev–Trinajstić information content (AvgIpc) is 2.84. The summed E-state index contributed by atoms with van der Waals surface area (Å²) >= 11 is 0. The zero-order chi connectivity index (χ0) is 12.2. The molecule has 4 heterocycles. The van der Waals surface area contributed by atoms with E-state index in [2.05, 4.69) is 24.0 Å². The first-order chi connectivity index (χ1) is 8.69. The Hall–Kier alpha value is -0.295. The maximum absolute atomic E-state index is 5.87. The molecule has 5 rings (SSSR count). The summed E-state index contributed by atoms with van der Waals surface area (Å²) in [5.41, 5.74) is 1.99. The fourth-order valence-corrected chi connectivity index (χ4v) is 2.76. The van der Waals surface area contributed by atoms with Gasteiger partial charge in [-0.1, -0.05) is 36.8 Å². The van der Waals surface area contributed by atoms with Crippen LogP contribution in [0.3, 0.4) is 0 Å². The Balaban J connectivity index is 0.00000110. The van der Waals surface area contributed by atoms with Crippen LogP contribution in [-0.4, -0.2) is 31.6 Å². The van der Waals surface area contributed by atoms with Crippen LogP contribution in [0.1, 0.15) is 6.92 Å². The van der Waals surface area contributed by atoms with E-state index >= 15 is 0 Å². The first-order valence-electron chi connectivity index (χ1n) is 6.33. The van der Waals surface area contributed by atoms with Gasteiger partial charge >= 0.3 is 36.3 Å². The van der Waals surface area contributed by atoms with E-state index in [1.54, 1.807) is 0 Å². The molecule has 3 aliphatic heterocycles. The molecule has 94 valence electrons. The molecule has 0 unspecified atom stereocenters. The van der Waals surface area contributed by atoms with Gasteiger partial charge in [0.1, 0.15) is 0 Å². The molecule has 0 spiro atoms. The third-order valence-electron chi connectivity index (χ3n) is 3.89. The molecule has 0 aliphatic carbocycles. The van der Waals surface area contributed by atoms with Crippen molar-refractivity contribution in [1.82, 2.24) is 4.98 Å². The molecule has 19 heavy (non-hydrogen) atoms. The van der Waals surface area contributed by atoms with Crippen molar-refractivity contribution in [3.63, 3.8) is 0 Å². The standard InChI is InChI=1S/C13H15BNO3.Na/c1-13-7-16-14(17-8-13,18-9-13)12-6-10-4-2-3-5-11(10)15-12;/h2-6,15H,7-9H2,1H3;/q-1;+1. The Morgan fingerprint density at radius 3 is 2.37 bits per heavy atom. The van der Waals surface area contributed by atoms with Gasteiger partial charge in [-0.3, -0.25) is 0 Å². The molecule has 0 atom stereocenters. The summed E-state index contributed by atoms with van der Waals surface area (Å²) in [7, 11) is 0. The minimum atomic E-state index is -1.76. The van der Waals surface area contributed by atoms with Gasteiger partial charge < -0.3 is 18.9 Å². The molecule has 2 aromatic rings. The second-order valence-electron chi connectivity index (χ2n) is 5.70. The largest absolute Gasteiger partial charge is 1.00 e. The van der Waals surface area contributed by atoms with Gasteiger partial charge in [0, 0.05) is 30.8 Å². The zero-order valence-electron chi connectivity index (χ0n) is 11.3. The summed E-state index contributed by atoms with van der Waals surface area (Å²) < 4.78 is 17.6. The molecule has 3 aliphatic rings. The molecule has 1 aromatic carbocycles. The van der Waals surface area contributed by atoms with Crippen LogP contribution in [0.4, 0.5) is 0 Å². The van der Waals surface area contributed by atoms with Gasteiger partial charge in [0.15, 0.2) is 0 Å². The number of nitrogens with one attached hydrogen (secondary N) is 1. The predicted molar refractivity (Wildman–Crippen MR) is 69.6 cm³/mol. The third-order valence-corrected chi connectivity index (χ3v) is 3.89. The van der Waals surface area contributed by atoms with Gasteiger partial charge in [0.2, 0.25) is 0 Å². The molecule has 2 bridgehead atoms. The molecule has 3 fully saturated rings. The summed E-state index contributed by atoms with van der Waals surface area (Å²) in [4.78, 5) is 3.35. The van der Waals surface area contributed by atoms with E-state index in [1.807, 2.05) is 18.2 Å². The second kappa shape index (κ2) is 4.62. The van der Waals surface area contributed by atoms with E-state index in [1.165, 1.54) is 0 Å². The number of H-pyrrole nitrogens is 1. The van der Waals surface area contributed by atoms with Crippen molar-refractivity contribution < 1.29 is 43.5 Å². The third kappa shape index (κ3) is 2.09. The fourth-order valence-electron chi connectivity index (χ4n) is 2.76. The van der Waals surface area contributed by atoms with Crippen LogP contribution >= 0.6 is 0 Å². The van der Waals surface area contributed by atoms with E-state index in [0.717, 1.165) is 16.5 Å². The molecule has 0 radical (unpaired) electrons. The van der Waals surface area contributed by atoms with Crippen molar-refractivity contribution in [1.29, 1.82) is 0 Å². The number of aromatic amines is 1. The van der Waals surface area contributed by atoms with E-state index in [-0.39, 0.29) is 35.0 Å². The first-order valence-corrected chi connectivity index (χ1v) is 6.33. The molecule has 1 N–H and O–H groups in total. The van der Waals surface area contributed by atoms with Crippen molar-refractivity contribution in [2.75, 3.05) is 19.8 Å². The van der Waals surface area contributed by atoms with E-state index in [4.69, 9.17) is 14.0 Å². The number of aromatic nitrogens is 1. The maximum atomic E-state index is 5.87. The van der Waals surface area contributed by atoms with Crippen molar-refractivity contribution in [2.24, 2.45) is 5.41 Å². The Labute approximate surface area is 134 Å². The molecular weight excluding hydrogens is 252 g/mol. The Morgan fingerprint density at radius 1 is 1.11 bits per heavy atom. The van der Waals surface area contributed by atoms with Crippen molar-refractivity contribution in [3.05, 3.63) is 30.3 Å². The topological polar surface area (TPSA) is 43.5 Å². The van der Waals surface area contributed by atoms with Gasteiger partial charge in [0.05, 0.1) is 0 Å². The summed E-state index contributed by atoms with van der Waals surface area (Å²) in [6.45, 7) is 2.45. The normalized spacial score (nSPS) is 33.3. The quantitative estimate of drug-likeness (QED) is 0.633. The Morgan fingerprint density at radius 2 is 1.74 bits per heavy atom. The summed E-state index contributed by atoms with van der Waals surface area (Å²) in [6.07, 6.45) is 0. The number of para-hydroxylation sites is 1. The number of benzene rings is 1. The molecule has 0 amide bonds. The van der Waals surface area contributed by atoms with Crippen LogP contribution in [0.2, 0.25) is 0 Å². The van der Waals surface area contributed by atoms with Crippen LogP contribution in [0.5, 0.6) is 0 Å². The van der Waals surface area contributed by atoms with E-state index < -0.39 is 6.75 Å². The van der Waals surface area contributed by atoms with Crippen molar-refractivity contribution in [3.8, 4) is 0 Å². The van der Waals surface area contributed by atoms with Crippen LogP contribution < -0.4 is 35.2 Å². The van der Waals surface area contributed by atoms with Crippen LogP contribution in [0, 0.1) is 5.41 Å². The SMILES string of the molecule is CC12CO[B-](c3cc4ccccc4[nH]3)(OC1)OC2.[Na+]. The smallest absolute Gasteiger partial charge is 0.539 e. The van der Waals surface area contributed by atoms with Crippen molar-refractivity contribution in [2.45, 2.75) is 6.92 Å². The molecule has 0 saturated carbocycles. The minimum Gasteiger partial charge on any atom is -0.539 e. The molecule has 1 aromatic heterocycles. The second-order valence-corrected chi connectivity index (χ2v) is 5.70. The van der Waals surface area contributed by atoms with Crippen LogP contribution in [0.15, 0.2) is 30.3 Å². The number of hydrogen-bond donors (Lipinski definition) is 1. The summed E-state index contributed by atoms with van der Waals surface area (Å²) in [5, 5.41) is 1.15. The number of hydrogen-bond acceptors (Lipinski definition) is 3. The van der Waals surface area contributed by atoms with Gasteiger partial charge in [-0.25, -0.2) is 0 Å². The molecule has 4 nitrogen and oxygen atoms in total. The molecule has 6 heteroatoms. The van der Waals surface area contributed by atoms with E-state index in [0.29, 0.717) is 19.8 Å². The van der Waals surface area contributed by atoms with Gasteiger partial charge in [0.25, 0.3) is 0 Å². The summed E-state index contributed by atoms with van der Waals surface area (Å²) in [6, 6.07) is 10.2. The van der Waals surface area contributed by atoms with Crippen LogP contribution in [0.25, 0.3) is 10.9 Å². The van der Waals surface area contributed by atoms with Gasteiger partial charge in [-0.15, -0.1) is 0 Å². The maximum Gasteiger partial charge on any atom is 1.00 e. The number of fused-ring (bicyclic) bond motifs is 4. The zero-order valence-corrected chi connectivity index (χ0v) is 13.3. The van der Waals surface area contributed by atoms with Gasteiger partial charge in [-0.2, -0.15) is 0 Å². The Kier molecular flexibility index (Phi) is 3.33. The Bertz CT molecular complexity index is 557.